The van der Waals surface area contributed by atoms with E-state index in [-0.39, 0.29) is 17.7 Å². The van der Waals surface area contributed by atoms with Gasteiger partial charge in [0.15, 0.2) is 0 Å². The van der Waals surface area contributed by atoms with Crippen molar-refractivity contribution in [2.75, 3.05) is 26.2 Å². The van der Waals surface area contributed by atoms with Gasteiger partial charge >= 0.3 is 0 Å². The maximum Gasteiger partial charge on any atom is 0.253 e. The van der Waals surface area contributed by atoms with Crippen LogP contribution in [-0.4, -0.2) is 48.8 Å². The molecule has 0 spiro atoms. The number of carbonyl (C=O) groups excluding carboxylic acids is 3. The first kappa shape index (κ1) is 15.7. The van der Waals surface area contributed by atoms with E-state index in [1.807, 2.05) is 0 Å². The van der Waals surface area contributed by atoms with E-state index >= 15 is 0 Å². The SMILES string of the molecule is O=C(CCCCCN1C(=O)C=CC1=O)NC[C@H]1CCNC1. The summed E-state index contributed by atoms with van der Waals surface area (Å²) in [6.45, 7) is 3.24. The molecule has 2 rings (SSSR count). The molecule has 2 aliphatic heterocycles. The number of hydrogen-bond acceptors (Lipinski definition) is 4. The normalized spacial score (nSPS) is 21.3. The molecule has 21 heavy (non-hydrogen) atoms. The fourth-order valence-electron chi connectivity index (χ4n) is 2.62. The molecule has 1 saturated heterocycles. The highest BCUT2D eigenvalue weighted by atomic mass is 16.2. The van der Waals surface area contributed by atoms with Crippen molar-refractivity contribution in [3.63, 3.8) is 0 Å². The summed E-state index contributed by atoms with van der Waals surface area (Å²) in [5.74, 6) is 0.191. The van der Waals surface area contributed by atoms with Crippen LogP contribution in [0.5, 0.6) is 0 Å². The predicted octanol–water partition coefficient (Wildman–Crippen LogP) is 0.198. The van der Waals surface area contributed by atoms with E-state index in [2.05, 4.69) is 10.6 Å². The summed E-state index contributed by atoms with van der Waals surface area (Å²) in [6, 6.07) is 0. The minimum Gasteiger partial charge on any atom is -0.356 e. The summed E-state index contributed by atoms with van der Waals surface area (Å²) in [4.78, 5) is 35.5. The van der Waals surface area contributed by atoms with Gasteiger partial charge in [-0.05, 0) is 38.3 Å². The Morgan fingerprint density at radius 1 is 1.24 bits per heavy atom. The van der Waals surface area contributed by atoms with Crippen LogP contribution in [0.1, 0.15) is 32.1 Å². The fraction of sp³-hybridized carbons (Fsp3) is 0.667. The monoisotopic (exact) mass is 293 g/mol. The van der Waals surface area contributed by atoms with E-state index in [0.29, 0.717) is 18.9 Å². The van der Waals surface area contributed by atoms with E-state index in [1.54, 1.807) is 0 Å². The summed E-state index contributed by atoms with van der Waals surface area (Å²) in [6.07, 6.45) is 6.63. The molecule has 3 amide bonds. The molecule has 0 radical (unpaired) electrons. The van der Waals surface area contributed by atoms with Crippen molar-refractivity contribution in [1.29, 1.82) is 0 Å². The van der Waals surface area contributed by atoms with Crippen molar-refractivity contribution in [2.45, 2.75) is 32.1 Å². The first-order chi connectivity index (χ1) is 10.2. The number of unbranched alkanes of at least 4 members (excludes halogenated alkanes) is 2. The second-order valence-electron chi connectivity index (χ2n) is 5.64. The Balaban J connectivity index is 1.48. The molecule has 0 bridgehead atoms. The molecule has 1 atom stereocenters. The zero-order valence-electron chi connectivity index (χ0n) is 12.3. The zero-order chi connectivity index (χ0) is 15.1. The van der Waals surface area contributed by atoms with Crippen molar-refractivity contribution in [2.24, 2.45) is 5.92 Å². The molecule has 0 aliphatic carbocycles. The molecule has 0 unspecified atom stereocenters. The summed E-state index contributed by atoms with van der Waals surface area (Å²) in [5.41, 5.74) is 0. The van der Waals surface area contributed by atoms with Crippen LogP contribution in [0.15, 0.2) is 12.2 Å². The van der Waals surface area contributed by atoms with Gasteiger partial charge in [0, 0.05) is 31.7 Å². The third-order valence-corrected chi connectivity index (χ3v) is 3.94. The van der Waals surface area contributed by atoms with Crippen LogP contribution in [0.3, 0.4) is 0 Å². The Bertz CT molecular complexity index is 410. The molecular formula is C15H23N3O3. The van der Waals surface area contributed by atoms with Gasteiger partial charge in [0.1, 0.15) is 0 Å². The van der Waals surface area contributed by atoms with E-state index < -0.39 is 0 Å². The van der Waals surface area contributed by atoms with Gasteiger partial charge in [-0.3, -0.25) is 19.3 Å². The molecule has 0 aromatic carbocycles. The van der Waals surface area contributed by atoms with E-state index in [0.717, 1.165) is 45.3 Å². The zero-order valence-corrected chi connectivity index (χ0v) is 12.3. The highest BCUT2D eigenvalue weighted by Gasteiger charge is 2.22. The van der Waals surface area contributed by atoms with Crippen LogP contribution in [0.2, 0.25) is 0 Å². The highest BCUT2D eigenvalue weighted by molar-refractivity contribution is 6.12. The van der Waals surface area contributed by atoms with Crippen LogP contribution < -0.4 is 10.6 Å². The second kappa shape index (κ2) is 7.93. The molecule has 0 aromatic heterocycles. The molecule has 1 fully saturated rings. The lowest BCUT2D eigenvalue weighted by Crippen LogP contribution is -2.31. The molecule has 2 N–H and O–H groups in total. The molecule has 0 saturated carbocycles. The number of hydrogen-bond donors (Lipinski definition) is 2. The smallest absolute Gasteiger partial charge is 0.253 e. The Morgan fingerprint density at radius 2 is 2.00 bits per heavy atom. The summed E-state index contributed by atoms with van der Waals surface area (Å²) >= 11 is 0. The molecule has 2 aliphatic rings. The maximum absolute atomic E-state index is 11.7. The molecule has 6 nitrogen and oxygen atoms in total. The molecular weight excluding hydrogens is 270 g/mol. The summed E-state index contributed by atoms with van der Waals surface area (Å²) in [5, 5.41) is 6.24. The van der Waals surface area contributed by atoms with Crippen LogP contribution in [0.25, 0.3) is 0 Å². The molecule has 0 aromatic rings. The Morgan fingerprint density at radius 3 is 2.67 bits per heavy atom. The van der Waals surface area contributed by atoms with Gasteiger partial charge in [0.2, 0.25) is 5.91 Å². The van der Waals surface area contributed by atoms with Gasteiger partial charge < -0.3 is 10.6 Å². The van der Waals surface area contributed by atoms with Gasteiger partial charge in [-0.25, -0.2) is 0 Å². The maximum atomic E-state index is 11.7. The van der Waals surface area contributed by atoms with Crippen molar-refractivity contribution in [3.05, 3.63) is 12.2 Å². The largest absolute Gasteiger partial charge is 0.356 e. The Labute approximate surface area is 124 Å². The van der Waals surface area contributed by atoms with Crippen LogP contribution in [0, 0.1) is 5.92 Å². The first-order valence-electron chi connectivity index (χ1n) is 7.68. The van der Waals surface area contributed by atoms with Crippen molar-refractivity contribution in [3.8, 4) is 0 Å². The predicted molar refractivity (Wildman–Crippen MR) is 78.3 cm³/mol. The van der Waals surface area contributed by atoms with E-state index in [1.165, 1.54) is 17.1 Å². The molecule has 6 heteroatoms. The average Bonchev–Trinajstić information content (AvgIpc) is 3.09. The minimum atomic E-state index is -0.233. The number of nitrogens with zero attached hydrogens (tertiary/aromatic N) is 1. The van der Waals surface area contributed by atoms with Crippen LogP contribution in [0.4, 0.5) is 0 Å². The highest BCUT2D eigenvalue weighted by Crippen LogP contribution is 2.08. The van der Waals surface area contributed by atoms with Crippen molar-refractivity contribution < 1.29 is 14.4 Å². The van der Waals surface area contributed by atoms with E-state index in [9.17, 15) is 14.4 Å². The van der Waals surface area contributed by atoms with Gasteiger partial charge in [-0.1, -0.05) is 6.42 Å². The number of carbonyl (C=O) groups is 3. The standard InChI is InChI=1S/C15H23N3O3/c19-13(17-11-12-7-8-16-10-12)4-2-1-3-9-18-14(20)5-6-15(18)21/h5-6,12,16H,1-4,7-11H2,(H,17,19)/t12-/m0/s1. The lowest BCUT2D eigenvalue weighted by atomic mass is 10.1. The second-order valence-corrected chi connectivity index (χ2v) is 5.64. The lowest BCUT2D eigenvalue weighted by Gasteiger charge is -2.13. The number of nitrogens with one attached hydrogen (secondary N) is 2. The number of rotatable bonds is 8. The minimum absolute atomic E-state index is 0.0943. The first-order valence-corrected chi connectivity index (χ1v) is 7.68. The van der Waals surface area contributed by atoms with Gasteiger partial charge in [0.05, 0.1) is 0 Å². The average molecular weight is 293 g/mol. The van der Waals surface area contributed by atoms with Crippen LogP contribution in [-0.2, 0) is 14.4 Å². The lowest BCUT2D eigenvalue weighted by molar-refractivity contribution is -0.136. The Hall–Kier alpha value is -1.69. The molecule has 2 heterocycles. The van der Waals surface area contributed by atoms with Gasteiger partial charge in [0.25, 0.3) is 11.8 Å². The number of amides is 3. The Kier molecular flexibility index (Phi) is 5.92. The third kappa shape index (κ3) is 4.97. The topological polar surface area (TPSA) is 78.5 Å². The summed E-state index contributed by atoms with van der Waals surface area (Å²) in [7, 11) is 0. The van der Waals surface area contributed by atoms with Gasteiger partial charge in [-0.15, -0.1) is 0 Å². The van der Waals surface area contributed by atoms with Gasteiger partial charge in [-0.2, -0.15) is 0 Å². The van der Waals surface area contributed by atoms with Crippen molar-refractivity contribution >= 4 is 17.7 Å². The van der Waals surface area contributed by atoms with E-state index in [4.69, 9.17) is 0 Å². The van der Waals surface area contributed by atoms with Crippen LogP contribution >= 0.6 is 0 Å². The van der Waals surface area contributed by atoms with Crippen molar-refractivity contribution in [1.82, 2.24) is 15.5 Å². The molecule has 116 valence electrons. The summed E-state index contributed by atoms with van der Waals surface area (Å²) < 4.78 is 0. The number of imide groups is 1. The quantitative estimate of drug-likeness (QED) is 0.495. The fourth-order valence-corrected chi connectivity index (χ4v) is 2.62. The third-order valence-electron chi connectivity index (χ3n) is 3.94.